The van der Waals surface area contributed by atoms with E-state index in [2.05, 4.69) is 6.58 Å². The minimum absolute atomic E-state index is 0.0113. The maximum absolute atomic E-state index is 13.3. The molecule has 2 amide bonds. The maximum atomic E-state index is 13.3. The average Bonchev–Trinajstić information content (AvgIpc) is 3.02. The summed E-state index contributed by atoms with van der Waals surface area (Å²) in [6, 6.07) is 19.0. The molecular weight excluding hydrogens is 362 g/mol. The first-order valence-electron chi connectivity index (χ1n) is 10.1. The smallest absolute Gasteiger partial charge is 0.418 e. The molecule has 152 valence electrons. The largest absolute Gasteiger partial charge is 0.430 e. The lowest BCUT2D eigenvalue weighted by Crippen LogP contribution is -2.51. The van der Waals surface area contributed by atoms with Crippen molar-refractivity contribution in [2.24, 2.45) is 11.8 Å². The molecule has 0 aliphatic carbocycles. The van der Waals surface area contributed by atoms with Gasteiger partial charge in [-0.2, -0.15) is 0 Å². The first-order valence-corrected chi connectivity index (χ1v) is 10.1. The van der Waals surface area contributed by atoms with Crippen molar-refractivity contribution in [2.75, 3.05) is 0 Å². The van der Waals surface area contributed by atoms with E-state index in [0.29, 0.717) is 6.42 Å². The number of amides is 2. The van der Waals surface area contributed by atoms with E-state index in [1.54, 1.807) is 0 Å². The summed E-state index contributed by atoms with van der Waals surface area (Å²) < 4.78 is 6.13. The van der Waals surface area contributed by atoms with E-state index in [-0.39, 0.29) is 17.7 Å². The molecule has 2 aromatic carbocycles. The zero-order valence-electron chi connectivity index (χ0n) is 17.6. The van der Waals surface area contributed by atoms with Gasteiger partial charge in [-0.1, -0.05) is 87.0 Å². The number of rotatable bonds is 6. The number of allylic oxidation sites excluding steroid dienone is 1. The maximum Gasteiger partial charge on any atom is 0.418 e. The third kappa shape index (κ3) is 3.71. The van der Waals surface area contributed by atoms with Crippen molar-refractivity contribution >= 4 is 12.0 Å². The van der Waals surface area contributed by atoms with Crippen LogP contribution in [0.2, 0.25) is 0 Å². The van der Waals surface area contributed by atoms with Crippen LogP contribution in [-0.2, 0) is 15.1 Å². The zero-order valence-corrected chi connectivity index (χ0v) is 17.6. The van der Waals surface area contributed by atoms with Crippen LogP contribution in [0.15, 0.2) is 72.8 Å². The summed E-state index contributed by atoms with van der Waals surface area (Å²) in [6.45, 7) is 11.7. The molecule has 0 N–H and O–H groups in total. The van der Waals surface area contributed by atoms with Gasteiger partial charge in [0.2, 0.25) is 5.91 Å². The summed E-state index contributed by atoms with van der Waals surface area (Å²) in [5.74, 6) is -0.572. The number of imide groups is 1. The standard InChI is InChI=1S/C25H29NO3/c1-17(2)16-19(5)23(27)26-22(18(3)4)25(29-24(26)28,20-12-8-6-9-13-20)21-14-10-7-11-15-21/h6-15,18-19,22H,1,16H2,2-5H3/t19-,22+/m1/s1. The predicted octanol–water partition coefficient (Wildman–Crippen LogP) is 5.54. The second-order valence-corrected chi connectivity index (χ2v) is 8.30. The topological polar surface area (TPSA) is 46.6 Å². The molecule has 1 heterocycles. The van der Waals surface area contributed by atoms with Crippen molar-refractivity contribution in [1.29, 1.82) is 0 Å². The number of benzene rings is 2. The minimum atomic E-state index is -1.05. The van der Waals surface area contributed by atoms with E-state index < -0.39 is 17.7 Å². The van der Waals surface area contributed by atoms with Gasteiger partial charge in [0, 0.05) is 17.0 Å². The van der Waals surface area contributed by atoms with Crippen LogP contribution in [-0.4, -0.2) is 22.9 Å². The molecule has 0 aromatic heterocycles. The van der Waals surface area contributed by atoms with E-state index in [1.807, 2.05) is 88.4 Å². The van der Waals surface area contributed by atoms with E-state index in [1.165, 1.54) is 4.90 Å². The molecule has 29 heavy (non-hydrogen) atoms. The normalized spacial score (nSPS) is 19.1. The van der Waals surface area contributed by atoms with E-state index in [4.69, 9.17) is 4.74 Å². The summed E-state index contributed by atoms with van der Waals surface area (Å²) >= 11 is 0. The van der Waals surface area contributed by atoms with Crippen LogP contribution >= 0.6 is 0 Å². The van der Waals surface area contributed by atoms with Crippen molar-refractivity contribution in [3.05, 3.63) is 83.9 Å². The Morgan fingerprint density at radius 3 is 1.93 bits per heavy atom. The van der Waals surface area contributed by atoms with Crippen LogP contribution < -0.4 is 0 Å². The number of carbonyl (C=O) groups excluding carboxylic acids is 2. The summed E-state index contributed by atoms with van der Waals surface area (Å²) in [5.41, 5.74) is 1.59. The van der Waals surface area contributed by atoms with E-state index in [0.717, 1.165) is 16.7 Å². The second kappa shape index (κ2) is 8.24. The van der Waals surface area contributed by atoms with Gasteiger partial charge >= 0.3 is 6.09 Å². The highest BCUT2D eigenvalue weighted by atomic mass is 16.6. The molecule has 3 rings (SSSR count). The van der Waals surface area contributed by atoms with Crippen molar-refractivity contribution in [3.63, 3.8) is 0 Å². The predicted molar refractivity (Wildman–Crippen MR) is 114 cm³/mol. The SMILES string of the molecule is C=C(C)C[C@@H](C)C(=O)N1C(=O)OC(c2ccccc2)(c2ccccc2)[C@@H]1C(C)C. The van der Waals surface area contributed by atoms with Crippen LogP contribution in [0.3, 0.4) is 0 Å². The molecule has 2 aromatic rings. The Labute approximate surface area is 173 Å². The Bertz CT molecular complexity index is 849. The molecule has 0 bridgehead atoms. The second-order valence-electron chi connectivity index (χ2n) is 8.30. The Morgan fingerprint density at radius 2 is 1.52 bits per heavy atom. The van der Waals surface area contributed by atoms with Crippen LogP contribution in [0.25, 0.3) is 0 Å². The lowest BCUT2D eigenvalue weighted by atomic mass is 9.75. The number of cyclic esters (lactones) is 1. The molecule has 1 fully saturated rings. The van der Waals surface area contributed by atoms with Crippen molar-refractivity contribution in [2.45, 2.75) is 45.8 Å². The Kier molecular flexibility index (Phi) is 5.92. The summed E-state index contributed by atoms with van der Waals surface area (Å²) in [4.78, 5) is 27.8. The van der Waals surface area contributed by atoms with Gasteiger partial charge in [-0.05, 0) is 19.3 Å². The summed E-state index contributed by atoms with van der Waals surface area (Å²) in [7, 11) is 0. The molecule has 0 radical (unpaired) electrons. The Hall–Kier alpha value is -2.88. The molecule has 0 unspecified atom stereocenters. The first kappa shape index (κ1) is 20.8. The molecule has 4 heteroatoms. The molecule has 0 spiro atoms. The summed E-state index contributed by atoms with van der Waals surface area (Å²) in [6.07, 6.45) is -0.0492. The fourth-order valence-electron chi connectivity index (χ4n) is 4.38. The van der Waals surface area contributed by atoms with Crippen molar-refractivity contribution in [3.8, 4) is 0 Å². The average molecular weight is 392 g/mol. The molecule has 0 saturated carbocycles. The van der Waals surface area contributed by atoms with Gasteiger partial charge in [0.1, 0.15) is 0 Å². The fraction of sp³-hybridized carbons (Fsp3) is 0.360. The number of carbonyl (C=O) groups is 2. The lowest BCUT2D eigenvalue weighted by Gasteiger charge is -2.38. The highest BCUT2D eigenvalue weighted by molar-refractivity contribution is 5.96. The molecule has 1 aliphatic rings. The van der Waals surface area contributed by atoms with Crippen LogP contribution in [0.4, 0.5) is 4.79 Å². The van der Waals surface area contributed by atoms with Crippen LogP contribution in [0, 0.1) is 11.8 Å². The van der Waals surface area contributed by atoms with Gasteiger partial charge in [-0.25, -0.2) is 9.69 Å². The van der Waals surface area contributed by atoms with Crippen molar-refractivity contribution < 1.29 is 14.3 Å². The third-order valence-corrected chi connectivity index (χ3v) is 5.49. The van der Waals surface area contributed by atoms with Crippen LogP contribution in [0.1, 0.15) is 45.2 Å². The molecule has 2 atom stereocenters. The third-order valence-electron chi connectivity index (χ3n) is 5.49. The highest BCUT2D eigenvalue weighted by Gasteiger charge is 2.59. The van der Waals surface area contributed by atoms with E-state index >= 15 is 0 Å². The number of ether oxygens (including phenoxy) is 1. The Balaban J connectivity index is 2.18. The monoisotopic (exact) mass is 391 g/mol. The Morgan fingerprint density at radius 1 is 1.03 bits per heavy atom. The number of hydrogen-bond acceptors (Lipinski definition) is 3. The summed E-state index contributed by atoms with van der Waals surface area (Å²) in [5, 5.41) is 0. The fourth-order valence-corrected chi connectivity index (χ4v) is 4.38. The van der Waals surface area contributed by atoms with Gasteiger partial charge in [0.25, 0.3) is 0 Å². The number of nitrogens with zero attached hydrogens (tertiary/aromatic N) is 1. The van der Waals surface area contributed by atoms with Gasteiger partial charge in [-0.3, -0.25) is 4.79 Å². The van der Waals surface area contributed by atoms with Gasteiger partial charge in [-0.15, -0.1) is 6.58 Å². The molecule has 4 nitrogen and oxygen atoms in total. The molecular formula is C25H29NO3. The quantitative estimate of drug-likeness (QED) is 0.608. The molecule has 1 saturated heterocycles. The number of hydrogen-bond donors (Lipinski definition) is 0. The van der Waals surface area contributed by atoms with Crippen molar-refractivity contribution in [1.82, 2.24) is 4.90 Å². The van der Waals surface area contributed by atoms with E-state index in [9.17, 15) is 9.59 Å². The van der Waals surface area contributed by atoms with Gasteiger partial charge in [0.05, 0.1) is 6.04 Å². The molecule has 1 aliphatic heterocycles. The lowest BCUT2D eigenvalue weighted by molar-refractivity contribution is -0.134. The zero-order chi connectivity index (χ0) is 21.2. The highest BCUT2D eigenvalue weighted by Crippen LogP contribution is 2.47. The minimum Gasteiger partial charge on any atom is -0.430 e. The van der Waals surface area contributed by atoms with Gasteiger partial charge < -0.3 is 4.74 Å². The first-order chi connectivity index (χ1) is 13.8. The van der Waals surface area contributed by atoms with Gasteiger partial charge in [0.15, 0.2) is 5.60 Å². The van der Waals surface area contributed by atoms with Crippen LogP contribution in [0.5, 0.6) is 0 Å².